The van der Waals surface area contributed by atoms with Gasteiger partial charge in [-0.25, -0.2) is 4.79 Å². The van der Waals surface area contributed by atoms with Crippen LogP contribution in [0.4, 0.5) is 4.79 Å². The van der Waals surface area contributed by atoms with Crippen LogP contribution in [0.2, 0.25) is 0 Å². The molecule has 1 N–H and O–H groups in total. The second-order valence-electron chi connectivity index (χ2n) is 5.96. The van der Waals surface area contributed by atoms with Crippen molar-refractivity contribution in [2.24, 2.45) is 5.92 Å². The number of hydrogen-bond donors (Lipinski definition) is 1. The average Bonchev–Trinajstić information content (AvgIpc) is 2.25. The van der Waals surface area contributed by atoms with Gasteiger partial charge in [0, 0.05) is 6.54 Å². The number of rotatable bonds is 1. The van der Waals surface area contributed by atoms with Crippen LogP contribution in [0.25, 0.3) is 0 Å². The molecule has 18 heavy (non-hydrogen) atoms. The van der Waals surface area contributed by atoms with Gasteiger partial charge in [-0.1, -0.05) is 0 Å². The predicted molar refractivity (Wildman–Crippen MR) is 66.8 cm³/mol. The molecule has 1 amide bonds. The van der Waals surface area contributed by atoms with Crippen molar-refractivity contribution >= 4 is 6.09 Å². The average molecular weight is 254 g/mol. The summed E-state index contributed by atoms with van der Waals surface area (Å²) in [6, 6.07) is 2.05. The topological polar surface area (TPSA) is 73.6 Å². The SMILES string of the molecule is CC(C#N)C1(O)CCCN(C(=O)OC(C)(C)C)C1. The molecule has 0 aromatic rings. The summed E-state index contributed by atoms with van der Waals surface area (Å²) in [5.74, 6) is -0.497. The van der Waals surface area contributed by atoms with E-state index in [1.165, 1.54) is 4.90 Å². The van der Waals surface area contributed by atoms with Gasteiger partial charge < -0.3 is 14.7 Å². The van der Waals surface area contributed by atoms with Gasteiger partial charge in [-0.2, -0.15) is 5.26 Å². The Labute approximate surface area is 108 Å². The second-order valence-corrected chi connectivity index (χ2v) is 5.96. The molecule has 102 valence electrons. The van der Waals surface area contributed by atoms with Gasteiger partial charge in [-0.15, -0.1) is 0 Å². The normalized spacial score (nSPS) is 26.3. The van der Waals surface area contributed by atoms with Crippen LogP contribution in [-0.2, 0) is 4.74 Å². The Morgan fingerprint density at radius 3 is 2.67 bits per heavy atom. The van der Waals surface area contributed by atoms with Gasteiger partial charge in [0.05, 0.1) is 24.1 Å². The lowest BCUT2D eigenvalue weighted by atomic mass is 9.83. The minimum absolute atomic E-state index is 0.163. The fraction of sp³-hybridized carbons (Fsp3) is 0.846. The number of carbonyl (C=O) groups excluding carboxylic acids is 1. The van der Waals surface area contributed by atoms with Gasteiger partial charge in [0.2, 0.25) is 0 Å². The molecule has 0 radical (unpaired) electrons. The Morgan fingerprint density at radius 2 is 2.17 bits per heavy atom. The summed E-state index contributed by atoms with van der Waals surface area (Å²) < 4.78 is 5.28. The standard InChI is InChI=1S/C13H22N2O3/c1-10(8-14)13(17)6-5-7-15(9-13)11(16)18-12(2,3)4/h10,17H,5-7,9H2,1-4H3. The molecule has 1 aliphatic heterocycles. The molecule has 2 unspecified atom stereocenters. The molecule has 1 aliphatic rings. The summed E-state index contributed by atoms with van der Waals surface area (Å²) in [5.41, 5.74) is -1.67. The lowest BCUT2D eigenvalue weighted by Crippen LogP contribution is -2.54. The molecule has 1 saturated heterocycles. The third kappa shape index (κ3) is 3.61. The zero-order valence-electron chi connectivity index (χ0n) is 11.6. The molecule has 1 rings (SSSR count). The minimum atomic E-state index is -1.12. The van der Waals surface area contributed by atoms with Gasteiger partial charge in [-0.05, 0) is 40.5 Å². The maximum Gasteiger partial charge on any atom is 0.410 e. The smallest absolute Gasteiger partial charge is 0.410 e. The van der Waals surface area contributed by atoms with Crippen molar-refractivity contribution in [3.05, 3.63) is 0 Å². The van der Waals surface area contributed by atoms with E-state index in [0.29, 0.717) is 19.4 Å². The molecule has 0 aromatic heterocycles. The van der Waals surface area contributed by atoms with E-state index in [-0.39, 0.29) is 6.54 Å². The Balaban J connectivity index is 2.70. The number of nitriles is 1. The predicted octanol–water partition coefficient (Wildman–Crippen LogP) is 1.91. The van der Waals surface area contributed by atoms with Crippen molar-refractivity contribution < 1.29 is 14.6 Å². The van der Waals surface area contributed by atoms with Gasteiger partial charge >= 0.3 is 6.09 Å². The summed E-state index contributed by atoms with van der Waals surface area (Å²) in [6.07, 6.45) is 0.800. The number of piperidine rings is 1. The molecule has 0 aliphatic carbocycles. The number of carbonyl (C=O) groups is 1. The zero-order chi connectivity index (χ0) is 14.0. The number of amides is 1. The minimum Gasteiger partial charge on any atom is -0.444 e. The van der Waals surface area contributed by atoms with E-state index >= 15 is 0 Å². The summed E-state index contributed by atoms with van der Waals surface area (Å²) in [5, 5.41) is 19.3. The highest BCUT2D eigenvalue weighted by molar-refractivity contribution is 5.68. The van der Waals surface area contributed by atoms with E-state index < -0.39 is 23.2 Å². The van der Waals surface area contributed by atoms with Crippen LogP contribution in [0.5, 0.6) is 0 Å². The van der Waals surface area contributed by atoms with E-state index in [1.54, 1.807) is 27.7 Å². The second kappa shape index (κ2) is 5.15. The number of likely N-dealkylation sites (tertiary alicyclic amines) is 1. The van der Waals surface area contributed by atoms with Crippen molar-refractivity contribution in [1.82, 2.24) is 4.90 Å². The maximum atomic E-state index is 11.9. The number of hydrogen-bond acceptors (Lipinski definition) is 4. The Kier molecular flexibility index (Phi) is 4.23. The van der Waals surface area contributed by atoms with E-state index in [0.717, 1.165) is 0 Å². The molecule has 0 bridgehead atoms. The maximum absolute atomic E-state index is 11.9. The highest BCUT2D eigenvalue weighted by atomic mass is 16.6. The first-order valence-electron chi connectivity index (χ1n) is 6.28. The summed E-state index contributed by atoms with van der Waals surface area (Å²) in [6.45, 7) is 7.82. The van der Waals surface area contributed by atoms with Crippen LogP contribution < -0.4 is 0 Å². The first-order valence-corrected chi connectivity index (χ1v) is 6.28. The highest BCUT2D eigenvalue weighted by Crippen LogP contribution is 2.29. The number of aliphatic hydroxyl groups is 1. The molecule has 2 atom stereocenters. The molecule has 5 nitrogen and oxygen atoms in total. The lowest BCUT2D eigenvalue weighted by Gasteiger charge is -2.40. The molecule has 0 saturated carbocycles. The van der Waals surface area contributed by atoms with E-state index in [9.17, 15) is 9.90 Å². The molecular formula is C13H22N2O3. The van der Waals surface area contributed by atoms with Crippen LogP contribution in [-0.4, -0.2) is 40.4 Å². The first-order chi connectivity index (χ1) is 8.18. The molecule has 5 heteroatoms. The lowest BCUT2D eigenvalue weighted by molar-refractivity contribution is -0.0608. The van der Waals surface area contributed by atoms with Crippen molar-refractivity contribution in [2.45, 2.75) is 51.7 Å². The van der Waals surface area contributed by atoms with E-state index in [4.69, 9.17) is 10.00 Å². The van der Waals surface area contributed by atoms with Gasteiger partial charge in [0.15, 0.2) is 0 Å². The molecule has 0 aromatic carbocycles. The summed E-state index contributed by atoms with van der Waals surface area (Å²) >= 11 is 0. The van der Waals surface area contributed by atoms with Crippen LogP contribution in [0, 0.1) is 17.2 Å². The Hall–Kier alpha value is -1.28. The molecule has 1 fully saturated rings. The fourth-order valence-corrected chi connectivity index (χ4v) is 2.02. The van der Waals surface area contributed by atoms with Gasteiger partial charge in [-0.3, -0.25) is 0 Å². The van der Waals surface area contributed by atoms with Crippen LogP contribution >= 0.6 is 0 Å². The van der Waals surface area contributed by atoms with Crippen LogP contribution in [0.15, 0.2) is 0 Å². The van der Waals surface area contributed by atoms with E-state index in [2.05, 4.69) is 6.07 Å². The third-order valence-electron chi connectivity index (χ3n) is 3.15. The number of ether oxygens (including phenoxy) is 1. The van der Waals surface area contributed by atoms with Crippen molar-refractivity contribution in [2.75, 3.05) is 13.1 Å². The highest BCUT2D eigenvalue weighted by Gasteiger charge is 2.40. The van der Waals surface area contributed by atoms with Crippen LogP contribution in [0.3, 0.4) is 0 Å². The number of nitrogens with zero attached hydrogens (tertiary/aromatic N) is 2. The third-order valence-corrected chi connectivity index (χ3v) is 3.15. The van der Waals surface area contributed by atoms with Crippen molar-refractivity contribution in [3.8, 4) is 6.07 Å². The quantitative estimate of drug-likeness (QED) is 0.775. The summed E-state index contributed by atoms with van der Waals surface area (Å²) in [4.78, 5) is 13.4. The van der Waals surface area contributed by atoms with Crippen LogP contribution in [0.1, 0.15) is 40.5 Å². The fourth-order valence-electron chi connectivity index (χ4n) is 2.02. The number of β-amino-alcohol motifs (C(OH)–C–C–N with tert-alkyl or cyclic N) is 1. The first kappa shape index (κ1) is 14.8. The molecule has 1 heterocycles. The molecular weight excluding hydrogens is 232 g/mol. The van der Waals surface area contributed by atoms with Crippen molar-refractivity contribution in [1.29, 1.82) is 5.26 Å². The van der Waals surface area contributed by atoms with E-state index in [1.807, 2.05) is 0 Å². The van der Waals surface area contributed by atoms with Gasteiger partial charge in [0.25, 0.3) is 0 Å². The monoisotopic (exact) mass is 254 g/mol. The Bertz CT molecular complexity index is 356. The summed E-state index contributed by atoms with van der Waals surface area (Å²) in [7, 11) is 0. The van der Waals surface area contributed by atoms with Gasteiger partial charge in [0.1, 0.15) is 5.60 Å². The van der Waals surface area contributed by atoms with Crippen molar-refractivity contribution in [3.63, 3.8) is 0 Å². The zero-order valence-corrected chi connectivity index (χ0v) is 11.6. The largest absolute Gasteiger partial charge is 0.444 e. The Morgan fingerprint density at radius 1 is 1.56 bits per heavy atom. The molecule has 0 spiro atoms.